The molecule has 3 rings (SSSR count). The third-order valence-corrected chi connectivity index (χ3v) is 3.27. The number of aromatic nitrogens is 4. The molecule has 1 aromatic carbocycles. The average molecular weight is 297 g/mol. The predicted octanol–water partition coefficient (Wildman–Crippen LogP) is 2.01. The molecule has 0 aliphatic heterocycles. The van der Waals surface area contributed by atoms with Gasteiger partial charge in [0.05, 0.1) is 5.56 Å². The number of tetrazole rings is 1. The van der Waals surface area contributed by atoms with E-state index in [4.69, 9.17) is 4.42 Å². The van der Waals surface area contributed by atoms with E-state index < -0.39 is 0 Å². The summed E-state index contributed by atoms with van der Waals surface area (Å²) in [6.07, 6.45) is 0. The van der Waals surface area contributed by atoms with Crippen LogP contribution in [0.2, 0.25) is 0 Å². The number of carbonyl (C=O) groups is 1. The van der Waals surface area contributed by atoms with Gasteiger partial charge in [-0.2, -0.15) is 5.21 Å². The van der Waals surface area contributed by atoms with Crippen LogP contribution in [-0.2, 0) is 6.54 Å². The molecule has 0 aliphatic carbocycles. The highest BCUT2D eigenvalue weighted by molar-refractivity contribution is 5.95. The first-order valence-corrected chi connectivity index (χ1v) is 6.81. The molecular formula is C15H15N5O2. The molecule has 2 aromatic heterocycles. The molecule has 0 spiro atoms. The highest BCUT2D eigenvalue weighted by Crippen LogP contribution is 2.16. The molecule has 0 unspecified atom stereocenters. The average Bonchev–Trinajstić information content (AvgIpc) is 3.15. The number of rotatable bonds is 4. The van der Waals surface area contributed by atoms with Gasteiger partial charge in [-0.25, -0.2) is 0 Å². The van der Waals surface area contributed by atoms with Crippen molar-refractivity contribution in [3.8, 4) is 11.4 Å². The van der Waals surface area contributed by atoms with Crippen LogP contribution in [0, 0.1) is 13.8 Å². The van der Waals surface area contributed by atoms with Crippen LogP contribution in [0.15, 0.2) is 34.7 Å². The minimum absolute atomic E-state index is 0.153. The van der Waals surface area contributed by atoms with Gasteiger partial charge in [-0.05, 0) is 36.8 Å². The van der Waals surface area contributed by atoms with Crippen molar-refractivity contribution >= 4 is 5.91 Å². The fraction of sp³-hybridized carbons (Fsp3) is 0.200. The van der Waals surface area contributed by atoms with Crippen LogP contribution in [0.4, 0.5) is 0 Å². The summed E-state index contributed by atoms with van der Waals surface area (Å²) >= 11 is 0. The fourth-order valence-electron chi connectivity index (χ4n) is 2.24. The molecule has 0 aliphatic rings. The first kappa shape index (κ1) is 14.0. The number of furan rings is 1. The van der Waals surface area contributed by atoms with Crippen molar-refractivity contribution in [3.05, 3.63) is 53.0 Å². The zero-order chi connectivity index (χ0) is 15.5. The quantitative estimate of drug-likeness (QED) is 0.767. The Bertz CT molecular complexity index is 792. The Balaban J connectivity index is 1.70. The first-order chi connectivity index (χ1) is 10.6. The Morgan fingerprint density at radius 2 is 2.18 bits per heavy atom. The minimum Gasteiger partial charge on any atom is -0.466 e. The van der Waals surface area contributed by atoms with Crippen molar-refractivity contribution in [1.82, 2.24) is 25.9 Å². The number of carbonyl (C=O) groups excluding carboxylic acids is 1. The normalized spacial score (nSPS) is 10.6. The second-order valence-corrected chi connectivity index (χ2v) is 4.95. The SMILES string of the molecule is Cc1cc(C(=O)NCc2cccc(-c3nn[nH]n3)c2)c(C)o1. The zero-order valence-electron chi connectivity index (χ0n) is 12.3. The molecule has 2 N–H and O–H groups in total. The van der Waals surface area contributed by atoms with E-state index in [0.717, 1.165) is 16.9 Å². The summed E-state index contributed by atoms with van der Waals surface area (Å²) in [6.45, 7) is 4.01. The van der Waals surface area contributed by atoms with E-state index in [1.165, 1.54) is 0 Å². The van der Waals surface area contributed by atoms with E-state index >= 15 is 0 Å². The molecule has 0 saturated carbocycles. The maximum atomic E-state index is 12.2. The van der Waals surface area contributed by atoms with Crippen LogP contribution in [0.5, 0.6) is 0 Å². The van der Waals surface area contributed by atoms with Crippen LogP contribution >= 0.6 is 0 Å². The standard InChI is InChI=1S/C15H15N5O2/c1-9-6-13(10(2)22-9)15(21)16-8-11-4-3-5-12(7-11)14-17-19-20-18-14/h3-7H,8H2,1-2H3,(H,16,21)(H,17,18,19,20). The van der Waals surface area contributed by atoms with Crippen LogP contribution in [0.3, 0.4) is 0 Å². The molecule has 7 nitrogen and oxygen atoms in total. The van der Waals surface area contributed by atoms with Gasteiger partial charge in [-0.1, -0.05) is 18.2 Å². The smallest absolute Gasteiger partial charge is 0.255 e. The molecule has 2 heterocycles. The highest BCUT2D eigenvalue weighted by atomic mass is 16.3. The molecule has 0 atom stereocenters. The minimum atomic E-state index is -0.153. The van der Waals surface area contributed by atoms with Crippen molar-refractivity contribution in [2.45, 2.75) is 20.4 Å². The predicted molar refractivity (Wildman–Crippen MR) is 79.0 cm³/mol. The van der Waals surface area contributed by atoms with Gasteiger partial charge < -0.3 is 9.73 Å². The molecule has 0 fully saturated rings. The number of amides is 1. The molecule has 0 bridgehead atoms. The number of aryl methyl sites for hydroxylation is 2. The highest BCUT2D eigenvalue weighted by Gasteiger charge is 2.13. The monoisotopic (exact) mass is 297 g/mol. The van der Waals surface area contributed by atoms with Crippen molar-refractivity contribution in [1.29, 1.82) is 0 Å². The van der Waals surface area contributed by atoms with Gasteiger partial charge in [0, 0.05) is 12.1 Å². The molecule has 7 heteroatoms. The van der Waals surface area contributed by atoms with Crippen LogP contribution in [0.1, 0.15) is 27.4 Å². The summed E-state index contributed by atoms with van der Waals surface area (Å²) < 4.78 is 5.37. The van der Waals surface area contributed by atoms with E-state index in [1.807, 2.05) is 31.2 Å². The second-order valence-electron chi connectivity index (χ2n) is 4.95. The molecule has 112 valence electrons. The molecule has 22 heavy (non-hydrogen) atoms. The summed E-state index contributed by atoms with van der Waals surface area (Å²) in [5, 5.41) is 16.7. The van der Waals surface area contributed by atoms with Gasteiger partial charge in [0.1, 0.15) is 11.5 Å². The van der Waals surface area contributed by atoms with E-state index in [1.54, 1.807) is 13.0 Å². The van der Waals surface area contributed by atoms with E-state index in [0.29, 0.717) is 23.7 Å². The number of nitrogens with zero attached hydrogens (tertiary/aromatic N) is 3. The van der Waals surface area contributed by atoms with Crippen molar-refractivity contribution in [3.63, 3.8) is 0 Å². The Morgan fingerprint density at radius 1 is 1.32 bits per heavy atom. The molecule has 3 aromatic rings. The van der Waals surface area contributed by atoms with Crippen LogP contribution < -0.4 is 5.32 Å². The maximum Gasteiger partial charge on any atom is 0.255 e. The lowest BCUT2D eigenvalue weighted by Crippen LogP contribution is -2.22. The van der Waals surface area contributed by atoms with Crippen molar-refractivity contribution in [2.24, 2.45) is 0 Å². The van der Waals surface area contributed by atoms with Gasteiger partial charge in [0.25, 0.3) is 5.91 Å². The number of nitrogens with one attached hydrogen (secondary N) is 2. The number of hydrogen-bond acceptors (Lipinski definition) is 5. The Labute approximate surface area is 126 Å². The third kappa shape index (κ3) is 2.88. The third-order valence-electron chi connectivity index (χ3n) is 3.27. The Morgan fingerprint density at radius 3 is 2.86 bits per heavy atom. The zero-order valence-corrected chi connectivity index (χ0v) is 12.3. The molecule has 1 amide bonds. The number of hydrogen-bond donors (Lipinski definition) is 2. The van der Waals surface area contributed by atoms with Gasteiger partial charge >= 0.3 is 0 Å². The van der Waals surface area contributed by atoms with Gasteiger partial charge in [0.15, 0.2) is 0 Å². The summed E-state index contributed by atoms with van der Waals surface area (Å²) in [5.41, 5.74) is 2.36. The fourth-order valence-corrected chi connectivity index (χ4v) is 2.24. The van der Waals surface area contributed by atoms with E-state index in [-0.39, 0.29) is 5.91 Å². The molecular weight excluding hydrogens is 282 g/mol. The second kappa shape index (κ2) is 5.80. The first-order valence-electron chi connectivity index (χ1n) is 6.81. The summed E-state index contributed by atoms with van der Waals surface area (Å²) in [6, 6.07) is 9.36. The van der Waals surface area contributed by atoms with Crippen LogP contribution in [-0.4, -0.2) is 26.5 Å². The van der Waals surface area contributed by atoms with Crippen molar-refractivity contribution in [2.75, 3.05) is 0 Å². The summed E-state index contributed by atoms with van der Waals surface area (Å²) in [5.74, 6) is 1.71. The largest absolute Gasteiger partial charge is 0.466 e. The maximum absolute atomic E-state index is 12.2. The molecule has 0 radical (unpaired) electrons. The lowest BCUT2D eigenvalue weighted by atomic mass is 10.1. The topological polar surface area (TPSA) is 96.7 Å². The number of H-pyrrole nitrogens is 1. The van der Waals surface area contributed by atoms with E-state index in [9.17, 15) is 4.79 Å². The van der Waals surface area contributed by atoms with Crippen molar-refractivity contribution < 1.29 is 9.21 Å². The lowest BCUT2D eigenvalue weighted by molar-refractivity contribution is 0.0949. The van der Waals surface area contributed by atoms with Gasteiger partial charge in [-0.15, -0.1) is 10.2 Å². The summed E-state index contributed by atoms with van der Waals surface area (Å²) in [7, 11) is 0. The lowest BCUT2D eigenvalue weighted by Gasteiger charge is -2.05. The van der Waals surface area contributed by atoms with Gasteiger partial charge in [-0.3, -0.25) is 4.79 Å². The number of aromatic amines is 1. The van der Waals surface area contributed by atoms with Gasteiger partial charge in [0.2, 0.25) is 5.82 Å². The molecule has 0 saturated heterocycles. The van der Waals surface area contributed by atoms with Crippen LogP contribution in [0.25, 0.3) is 11.4 Å². The van der Waals surface area contributed by atoms with E-state index in [2.05, 4.69) is 25.9 Å². The number of benzene rings is 1. The Hall–Kier alpha value is -2.96. The summed E-state index contributed by atoms with van der Waals surface area (Å²) in [4.78, 5) is 12.2. The Kier molecular flexibility index (Phi) is 3.69.